The van der Waals surface area contributed by atoms with E-state index >= 15 is 0 Å². The Morgan fingerprint density at radius 1 is 1.31 bits per heavy atom. The number of hydrogen-bond donors (Lipinski definition) is 3. The van der Waals surface area contributed by atoms with Crippen molar-refractivity contribution in [2.75, 3.05) is 19.6 Å². The van der Waals surface area contributed by atoms with Gasteiger partial charge in [-0.15, -0.1) is 0 Å². The maximum Gasteiger partial charge on any atom is 0.312 e. The number of rotatable bonds is 4. The van der Waals surface area contributed by atoms with Crippen molar-refractivity contribution < 1.29 is 14.3 Å². The molecule has 1 aromatic heterocycles. The van der Waals surface area contributed by atoms with Crippen LogP contribution in [0.25, 0.3) is 0 Å². The lowest BCUT2D eigenvalue weighted by Gasteiger charge is -2.29. The first kappa shape index (κ1) is 17.2. The molecule has 26 heavy (non-hydrogen) atoms. The fraction of sp³-hybridized carbons (Fsp3) is 0.667. The second kappa shape index (κ2) is 6.83. The molecule has 8 heteroatoms. The summed E-state index contributed by atoms with van der Waals surface area (Å²) in [5.74, 6) is 0.318. The lowest BCUT2D eigenvalue weighted by Crippen LogP contribution is -2.40. The van der Waals surface area contributed by atoms with Crippen LogP contribution in [0.2, 0.25) is 0 Å². The molecule has 0 bridgehead atoms. The van der Waals surface area contributed by atoms with Gasteiger partial charge in [-0.05, 0) is 38.8 Å². The van der Waals surface area contributed by atoms with Crippen LogP contribution in [0.4, 0.5) is 0 Å². The number of hydrogen-bond acceptors (Lipinski definition) is 6. The number of esters is 1. The third kappa shape index (κ3) is 3.13. The smallest absolute Gasteiger partial charge is 0.312 e. The fourth-order valence-electron chi connectivity index (χ4n) is 4.03. The Bertz CT molecular complexity index is 765. The van der Waals surface area contributed by atoms with Crippen LogP contribution in [-0.4, -0.2) is 47.6 Å². The van der Waals surface area contributed by atoms with Gasteiger partial charge < -0.3 is 20.4 Å². The van der Waals surface area contributed by atoms with Crippen LogP contribution in [0.5, 0.6) is 0 Å². The van der Waals surface area contributed by atoms with Gasteiger partial charge in [0.15, 0.2) is 0 Å². The molecular formula is C18H24N4O4. The fourth-order valence-corrected chi connectivity index (χ4v) is 4.03. The molecule has 1 amide bonds. The molecule has 3 aliphatic rings. The quantitative estimate of drug-likeness (QED) is 0.672. The molecule has 1 saturated carbocycles. The van der Waals surface area contributed by atoms with E-state index in [1.54, 1.807) is 0 Å². The van der Waals surface area contributed by atoms with E-state index in [9.17, 15) is 14.4 Å². The Kier molecular flexibility index (Phi) is 4.52. The third-order valence-electron chi connectivity index (χ3n) is 5.93. The van der Waals surface area contributed by atoms with Crippen LogP contribution in [0.15, 0.2) is 11.0 Å². The van der Waals surface area contributed by atoms with Gasteiger partial charge in [-0.3, -0.25) is 14.4 Å². The van der Waals surface area contributed by atoms with E-state index in [1.165, 1.54) is 6.20 Å². The Labute approximate surface area is 151 Å². The minimum Gasteiger partial charge on any atom is -0.460 e. The number of piperidine rings is 1. The van der Waals surface area contributed by atoms with E-state index in [4.69, 9.17) is 4.74 Å². The number of aromatic nitrogens is 2. The molecule has 2 aliphatic heterocycles. The van der Waals surface area contributed by atoms with E-state index in [0.29, 0.717) is 18.2 Å². The molecule has 140 valence electrons. The van der Waals surface area contributed by atoms with Gasteiger partial charge in [0.1, 0.15) is 17.5 Å². The van der Waals surface area contributed by atoms with E-state index in [2.05, 4.69) is 20.6 Å². The standard InChI is InChI=1S/C18H24N4O4/c23-15(13-10-20-14(22-16(13)24)11-2-1-3-11)21-9-12-8-18(17(25)26-12)4-6-19-7-5-18/h10-12,19H,1-9H2,(H,21,23)(H,20,22,24). The van der Waals surface area contributed by atoms with Gasteiger partial charge in [0.25, 0.3) is 11.5 Å². The van der Waals surface area contributed by atoms with Crippen molar-refractivity contribution in [3.8, 4) is 0 Å². The van der Waals surface area contributed by atoms with Gasteiger partial charge in [0.2, 0.25) is 0 Å². The molecule has 3 heterocycles. The average Bonchev–Trinajstić information content (AvgIpc) is 2.87. The molecule has 8 nitrogen and oxygen atoms in total. The highest BCUT2D eigenvalue weighted by atomic mass is 16.6. The molecule has 1 unspecified atom stereocenters. The van der Waals surface area contributed by atoms with Gasteiger partial charge in [-0.1, -0.05) is 6.42 Å². The van der Waals surface area contributed by atoms with Gasteiger partial charge >= 0.3 is 5.97 Å². The van der Waals surface area contributed by atoms with Crippen LogP contribution in [0.3, 0.4) is 0 Å². The molecule has 1 aliphatic carbocycles. The number of carbonyl (C=O) groups is 2. The van der Waals surface area contributed by atoms with Gasteiger partial charge in [0.05, 0.1) is 12.0 Å². The number of aromatic amines is 1. The number of cyclic esters (lactones) is 1. The van der Waals surface area contributed by atoms with Crippen molar-refractivity contribution in [2.24, 2.45) is 5.41 Å². The Hall–Kier alpha value is -2.22. The van der Waals surface area contributed by atoms with Crippen molar-refractivity contribution in [3.05, 3.63) is 27.9 Å². The molecule has 3 N–H and O–H groups in total. The van der Waals surface area contributed by atoms with Crippen LogP contribution in [0, 0.1) is 5.41 Å². The first-order valence-electron chi connectivity index (χ1n) is 9.37. The number of nitrogens with one attached hydrogen (secondary N) is 3. The van der Waals surface area contributed by atoms with Crippen LogP contribution >= 0.6 is 0 Å². The highest BCUT2D eigenvalue weighted by Crippen LogP contribution is 2.41. The first-order chi connectivity index (χ1) is 12.6. The molecule has 0 radical (unpaired) electrons. The van der Waals surface area contributed by atoms with Crippen molar-refractivity contribution in [3.63, 3.8) is 0 Å². The summed E-state index contributed by atoms with van der Waals surface area (Å²) in [7, 11) is 0. The summed E-state index contributed by atoms with van der Waals surface area (Å²) in [6, 6.07) is 0. The molecule has 4 rings (SSSR count). The third-order valence-corrected chi connectivity index (χ3v) is 5.93. The molecule has 1 aromatic rings. The zero-order valence-corrected chi connectivity index (χ0v) is 14.7. The summed E-state index contributed by atoms with van der Waals surface area (Å²) in [6.45, 7) is 1.83. The largest absolute Gasteiger partial charge is 0.460 e. The lowest BCUT2D eigenvalue weighted by atomic mass is 9.76. The molecule has 2 saturated heterocycles. The zero-order valence-electron chi connectivity index (χ0n) is 14.7. The summed E-state index contributed by atoms with van der Waals surface area (Å²) < 4.78 is 5.46. The lowest BCUT2D eigenvalue weighted by molar-refractivity contribution is -0.149. The monoisotopic (exact) mass is 360 g/mol. The minimum absolute atomic E-state index is 0.00558. The minimum atomic E-state index is -0.485. The number of ether oxygens (including phenoxy) is 1. The van der Waals surface area contributed by atoms with Gasteiger partial charge in [-0.25, -0.2) is 4.98 Å². The molecular weight excluding hydrogens is 336 g/mol. The highest BCUT2D eigenvalue weighted by molar-refractivity contribution is 5.93. The summed E-state index contributed by atoms with van der Waals surface area (Å²) in [5, 5.41) is 5.96. The highest BCUT2D eigenvalue weighted by Gasteiger charge is 2.49. The zero-order chi connectivity index (χ0) is 18.1. The molecule has 1 atom stereocenters. The first-order valence-corrected chi connectivity index (χ1v) is 9.37. The van der Waals surface area contributed by atoms with E-state index in [0.717, 1.165) is 45.2 Å². The second-order valence-electron chi connectivity index (χ2n) is 7.61. The van der Waals surface area contributed by atoms with Crippen molar-refractivity contribution in [1.29, 1.82) is 0 Å². The van der Waals surface area contributed by atoms with E-state index < -0.39 is 16.9 Å². The second-order valence-corrected chi connectivity index (χ2v) is 7.61. The Morgan fingerprint density at radius 2 is 2.08 bits per heavy atom. The predicted octanol–water partition coefficient (Wildman–Crippen LogP) is 0.453. The van der Waals surface area contributed by atoms with E-state index in [-0.39, 0.29) is 24.2 Å². The van der Waals surface area contributed by atoms with Crippen molar-refractivity contribution in [1.82, 2.24) is 20.6 Å². The normalized spacial score (nSPS) is 24.9. The predicted molar refractivity (Wildman–Crippen MR) is 92.8 cm³/mol. The number of carbonyl (C=O) groups excluding carboxylic acids is 2. The average molecular weight is 360 g/mol. The van der Waals surface area contributed by atoms with Gasteiger partial charge in [-0.2, -0.15) is 0 Å². The molecule has 0 aromatic carbocycles. The molecule has 3 fully saturated rings. The summed E-state index contributed by atoms with van der Waals surface area (Å²) in [4.78, 5) is 43.7. The maximum atomic E-state index is 12.3. The summed E-state index contributed by atoms with van der Waals surface area (Å²) in [6.07, 6.45) is 6.35. The maximum absolute atomic E-state index is 12.3. The summed E-state index contributed by atoms with van der Waals surface area (Å²) in [5.41, 5.74) is -0.837. The van der Waals surface area contributed by atoms with Crippen molar-refractivity contribution in [2.45, 2.75) is 50.5 Å². The number of H-pyrrole nitrogens is 1. The Morgan fingerprint density at radius 3 is 2.73 bits per heavy atom. The van der Waals surface area contributed by atoms with E-state index in [1.807, 2.05) is 0 Å². The molecule has 1 spiro atoms. The van der Waals surface area contributed by atoms with Crippen LogP contribution in [0.1, 0.15) is 60.6 Å². The van der Waals surface area contributed by atoms with Crippen molar-refractivity contribution >= 4 is 11.9 Å². The van der Waals surface area contributed by atoms with Crippen LogP contribution in [-0.2, 0) is 9.53 Å². The topological polar surface area (TPSA) is 113 Å². The van der Waals surface area contributed by atoms with Gasteiger partial charge in [0, 0.05) is 18.5 Å². The SMILES string of the molecule is O=C(NCC1CC2(CCNCC2)C(=O)O1)c1cnc(C2CCC2)[nH]c1=O. The Balaban J connectivity index is 1.35. The van der Waals surface area contributed by atoms with Crippen LogP contribution < -0.4 is 16.2 Å². The number of amides is 1. The number of nitrogens with zero attached hydrogens (tertiary/aromatic N) is 1. The summed E-state index contributed by atoms with van der Waals surface area (Å²) >= 11 is 0.